The van der Waals surface area contributed by atoms with E-state index in [1.54, 1.807) is 12.1 Å². The van der Waals surface area contributed by atoms with Gasteiger partial charge in [0, 0.05) is 6.10 Å². The van der Waals surface area contributed by atoms with Gasteiger partial charge in [-0.05, 0) is 44.8 Å². The molecule has 0 N–H and O–H groups in total. The van der Waals surface area contributed by atoms with Crippen LogP contribution >= 0.6 is 0 Å². The molecule has 88 valence electrons. The van der Waals surface area contributed by atoms with Crippen molar-refractivity contribution in [1.29, 1.82) is 5.26 Å². The zero-order chi connectivity index (χ0) is 12.5. The monoisotopic (exact) mass is 229 g/mol. The molecular weight excluding hydrogens is 213 g/mol. The van der Waals surface area contributed by atoms with E-state index in [1.807, 2.05) is 12.1 Å². The Bertz CT molecular complexity index is 436. The SMILES string of the molecule is C[C@@H]1CC(C)(C)OB(c2ccc(C#N)cc2)O1. The lowest BCUT2D eigenvalue weighted by atomic mass is 9.75. The van der Waals surface area contributed by atoms with Crippen LogP contribution in [0.3, 0.4) is 0 Å². The van der Waals surface area contributed by atoms with Crippen molar-refractivity contribution in [1.82, 2.24) is 0 Å². The predicted molar refractivity (Wildman–Crippen MR) is 66.9 cm³/mol. The number of hydrogen-bond acceptors (Lipinski definition) is 3. The first kappa shape index (κ1) is 12.2. The predicted octanol–water partition coefficient (Wildman–Crippen LogP) is 1.86. The highest BCUT2D eigenvalue weighted by Gasteiger charge is 2.37. The topological polar surface area (TPSA) is 42.2 Å². The van der Waals surface area contributed by atoms with Crippen molar-refractivity contribution in [2.75, 3.05) is 0 Å². The van der Waals surface area contributed by atoms with E-state index >= 15 is 0 Å². The fourth-order valence-corrected chi connectivity index (χ4v) is 2.18. The molecule has 2 rings (SSSR count). The van der Waals surface area contributed by atoms with Gasteiger partial charge in [0.1, 0.15) is 0 Å². The fraction of sp³-hybridized carbons (Fsp3) is 0.462. The molecule has 1 aromatic rings. The van der Waals surface area contributed by atoms with Crippen molar-refractivity contribution in [2.24, 2.45) is 0 Å². The summed E-state index contributed by atoms with van der Waals surface area (Å²) < 4.78 is 11.7. The molecule has 0 aliphatic carbocycles. The fourth-order valence-electron chi connectivity index (χ4n) is 2.18. The van der Waals surface area contributed by atoms with Gasteiger partial charge in [-0.1, -0.05) is 12.1 Å². The van der Waals surface area contributed by atoms with Gasteiger partial charge in [0.05, 0.1) is 17.2 Å². The summed E-state index contributed by atoms with van der Waals surface area (Å²) in [6, 6.07) is 9.45. The Hall–Kier alpha value is -1.31. The first-order valence-corrected chi connectivity index (χ1v) is 5.83. The molecule has 1 aromatic carbocycles. The van der Waals surface area contributed by atoms with Gasteiger partial charge in [0.25, 0.3) is 0 Å². The summed E-state index contributed by atoms with van der Waals surface area (Å²) in [6.45, 7) is 6.20. The lowest BCUT2D eigenvalue weighted by Crippen LogP contribution is -2.51. The lowest BCUT2D eigenvalue weighted by Gasteiger charge is -2.38. The van der Waals surface area contributed by atoms with Crippen molar-refractivity contribution >= 4 is 12.6 Å². The van der Waals surface area contributed by atoms with Crippen LogP contribution < -0.4 is 5.46 Å². The molecule has 1 fully saturated rings. The second-order valence-electron chi connectivity index (χ2n) is 5.09. The number of rotatable bonds is 1. The summed E-state index contributed by atoms with van der Waals surface area (Å²) in [7, 11) is -0.332. The van der Waals surface area contributed by atoms with Crippen LogP contribution in [0.1, 0.15) is 32.8 Å². The third kappa shape index (κ3) is 2.88. The first-order chi connectivity index (χ1) is 8.00. The average Bonchev–Trinajstić information content (AvgIpc) is 2.26. The molecule has 3 nitrogen and oxygen atoms in total. The van der Waals surface area contributed by atoms with Gasteiger partial charge in [-0.2, -0.15) is 5.26 Å². The Morgan fingerprint density at radius 3 is 2.53 bits per heavy atom. The van der Waals surface area contributed by atoms with E-state index in [1.165, 1.54) is 0 Å². The Balaban J connectivity index is 2.18. The number of nitriles is 1. The third-order valence-electron chi connectivity index (χ3n) is 2.87. The van der Waals surface area contributed by atoms with E-state index in [2.05, 4.69) is 26.8 Å². The molecule has 0 saturated carbocycles. The van der Waals surface area contributed by atoms with Crippen molar-refractivity contribution in [3.63, 3.8) is 0 Å². The molecule has 1 aliphatic rings. The molecule has 4 heteroatoms. The number of benzene rings is 1. The van der Waals surface area contributed by atoms with E-state index in [0.29, 0.717) is 5.56 Å². The Kier molecular flexibility index (Phi) is 3.23. The van der Waals surface area contributed by atoms with Gasteiger partial charge in [-0.25, -0.2) is 0 Å². The minimum absolute atomic E-state index is 0.170. The van der Waals surface area contributed by atoms with Crippen molar-refractivity contribution in [3.8, 4) is 6.07 Å². The quantitative estimate of drug-likeness (QED) is 0.690. The van der Waals surface area contributed by atoms with E-state index in [-0.39, 0.29) is 18.8 Å². The molecule has 17 heavy (non-hydrogen) atoms. The van der Waals surface area contributed by atoms with Crippen molar-refractivity contribution < 1.29 is 9.31 Å². The Morgan fingerprint density at radius 2 is 2.00 bits per heavy atom. The largest absolute Gasteiger partial charge is 0.494 e. The highest BCUT2D eigenvalue weighted by molar-refractivity contribution is 6.61. The van der Waals surface area contributed by atoms with Crippen LogP contribution in [-0.4, -0.2) is 18.8 Å². The van der Waals surface area contributed by atoms with Crippen LogP contribution in [0.15, 0.2) is 24.3 Å². The maximum Gasteiger partial charge on any atom is 0.494 e. The lowest BCUT2D eigenvalue weighted by molar-refractivity contribution is -0.0229. The molecule has 1 atom stereocenters. The summed E-state index contributed by atoms with van der Waals surface area (Å²) in [4.78, 5) is 0. The summed E-state index contributed by atoms with van der Waals surface area (Å²) >= 11 is 0. The molecule has 0 aromatic heterocycles. The second-order valence-corrected chi connectivity index (χ2v) is 5.09. The van der Waals surface area contributed by atoms with Crippen LogP contribution in [0.2, 0.25) is 0 Å². The highest BCUT2D eigenvalue weighted by Crippen LogP contribution is 2.25. The normalized spacial score (nSPS) is 23.2. The zero-order valence-corrected chi connectivity index (χ0v) is 10.4. The summed E-state index contributed by atoms with van der Waals surface area (Å²) in [5, 5.41) is 8.75. The van der Waals surface area contributed by atoms with Crippen LogP contribution in [-0.2, 0) is 9.31 Å². The summed E-state index contributed by atoms with van der Waals surface area (Å²) in [6.07, 6.45) is 1.07. The number of hydrogen-bond donors (Lipinski definition) is 0. The molecule has 0 unspecified atom stereocenters. The molecule has 0 spiro atoms. The Labute approximate surface area is 102 Å². The van der Waals surface area contributed by atoms with E-state index in [9.17, 15) is 0 Å². The number of nitrogens with zero attached hydrogens (tertiary/aromatic N) is 1. The molecule has 0 bridgehead atoms. The maximum absolute atomic E-state index is 8.75. The molecule has 0 amide bonds. The van der Waals surface area contributed by atoms with Crippen LogP contribution in [0.25, 0.3) is 0 Å². The maximum atomic E-state index is 8.75. The van der Waals surface area contributed by atoms with E-state index in [0.717, 1.165) is 11.9 Å². The summed E-state index contributed by atoms with van der Waals surface area (Å²) in [5.74, 6) is 0. The third-order valence-corrected chi connectivity index (χ3v) is 2.87. The first-order valence-electron chi connectivity index (χ1n) is 5.83. The standard InChI is InChI=1S/C13H16BNO2/c1-10-8-13(2,3)17-14(16-10)12-6-4-11(9-15)5-7-12/h4-7,10H,8H2,1-3H3/t10-/m1/s1. The van der Waals surface area contributed by atoms with Gasteiger partial charge < -0.3 is 9.31 Å². The van der Waals surface area contributed by atoms with Crippen molar-refractivity contribution in [2.45, 2.75) is 38.9 Å². The van der Waals surface area contributed by atoms with Crippen LogP contribution in [0.4, 0.5) is 0 Å². The molecule has 1 saturated heterocycles. The second kappa shape index (κ2) is 4.52. The molecule has 1 aliphatic heterocycles. The molecule has 0 radical (unpaired) electrons. The van der Waals surface area contributed by atoms with Crippen LogP contribution in [0, 0.1) is 11.3 Å². The minimum Gasteiger partial charge on any atom is -0.405 e. The highest BCUT2D eigenvalue weighted by atomic mass is 16.6. The smallest absolute Gasteiger partial charge is 0.405 e. The van der Waals surface area contributed by atoms with Gasteiger partial charge in [-0.15, -0.1) is 0 Å². The van der Waals surface area contributed by atoms with E-state index < -0.39 is 0 Å². The Morgan fingerprint density at radius 1 is 1.35 bits per heavy atom. The summed E-state index contributed by atoms with van der Waals surface area (Å²) in [5.41, 5.74) is 1.44. The molecule has 1 heterocycles. The van der Waals surface area contributed by atoms with E-state index in [4.69, 9.17) is 14.6 Å². The zero-order valence-electron chi connectivity index (χ0n) is 10.4. The van der Waals surface area contributed by atoms with Gasteiger partial charge in [0.15, 0.2) is 0 Å². The van der Waals surface area contributed by atoms with Gasteiger partial charge >= 0.3 is 7.12 Å². The van der Waals surface area contributed by atoms with Gasteiger partial charge in [-0.3, -0.25) is 0 Å². The average molecular weight is 229 g/mol. The van der Waals surface area contributed by atoms with Crippen LogP contribution in [0.5, 0.6) is 0 Å². The molecular formula is C13H16BNO2. The van der Waals surface area contributed by atoms with Gasteiger partial charge in [0.2, 0.25) is 0 Å². The van der Waals surface area contributed by atoms with Crippen molar-refractivity contribution in [3.05, 3.63) is 29.8 Å². The minimum atomic E-state index is -0.332.